The van der Waals surface area contributed by atoms with Gasteiger partial charge in [-0.1, -0.05) is 41.4 Å². The van der Waals surface area contributed by atoms with Crippen LogP contribution in [0, 0.1) is 6.92 Å². The highest BCUT2D eigenvalue weighted by molar-refractivity contribution is 7.13. The minimum atomic E-state index is 0.280. The fraction of sp³-hybridized carbons (Fsp3) is 0.111. The second-order valence-electron chi connectivity index (χ2n) is 5.19. The molecule has 0 aliphatic carbocycles. The van der Waals surface area contributed by atoms with Crippen LogP contribution < -0.4 is 10.2 Å². The van der Waals surface area contributed by atoms with E-state index in [1.54, 1.807) is 24.4 Å². The van der Waals surface area contributed by atoms with E-state index in [0.717, 1.165) is 22.0 Å². The predicted octanol–water partition coefficient (Wildman–Crippen LogP) is 5.78. The maximum absolute atomic E-state index is 6.18. The maximum atomic E-state index is 6.18. The fourth-order valence-electron chi connectivity index (χ4n) is 2.10. The molecule has 1 heterocycles. The zero-order chi connectivity index (χ0) is 17.6. The minimum absolute atomic E-state index is 0.280. The van der Waals surface area contributed by atoms with E-state index in [-0.39, 0.29) is 6.61 Å². The van der Waals surface area contributed by atoms with Crippen molar-refractivity contribution in [3.05, 3.63) is 74.7 Å². The first kappa shape index (κ1) is 17.7. The summed E-state index contributed by atoms with van der Waals surface area (Å²) in [6.45, 7) is 2.22. The van der Waals surface area contributed by atoms with E-state index in [4.69, 9.17) is 27.9 Å². The summed E-state index contributed by atoms with van der Waals surface area (Å²) < 4.78 is 5.89. The molecule has 0 saturated heterocycles. The largest absolute Gasteiger partial charge is 0.488 e. The Balaban J connectivity index is 1.70. The third-order valence-corrected chi connectivity index (χ3v) is 4.91. The molecule has 0 unspecified atom stereocenters. The van der Waals surface area contributed by atoms with Crippen LogP contribution in [0.4, 0.5) is 5.13 Å². The average molecular weight is 392 g/mol. The fourth-order valence-corrected chi connectivity index (χ4v) is 3.24. The number of anilines is 1. The molecule has 0 spiro atoms. The molecule has 4 nitrogen and oxygen atoms in total. The van der Waals surface area contributed by atoms with E-state index in [1.807, 2.05) is 36.6 Å². The maximum Gasteiger partial charge on any atom is 0.203 e. The summed E-state index contributed by atoms with van der Waals surface area (Å²) >= 11 is 13.9. The van der Waals surface area contributed by atoms with Gasteiger partial charge in [0.05, 0.1) is 11.9 Å². The summed E-state index contributed by atoms with van der Waals surface area (Å²) in [5.41, 5.74) is 5.47. The molecule has 3 rings (SSSR count). The zero-order valence-corrected chi connectivity index (χ0v) is 15.7. The number of nitrogens with zero attached hydrogens (tertiary/aromatic N) is 2. The Morgan fingerprint density at radius 1 is 1.16 bits per heavy atom. The number of halogens is 2. The highest BCUT2D eigenvalue weighted by atomic mass is 35.5. The Hall–Kier alpha value is -2.08. The Kier molecular flexibility index (Phi) is 5.91. The standard InChI is InChI=1S/C18H15Cl2N3OS/c1-12-11-25-18(22-12)23-21-9-13-5-2-3-8-17(13)24-10-14-15(19)6-4-7-16(14)20/h2-9,11H,10H2,1H3,(H,22,23). The predicted molar refractivity (Wildman–Crippen MR) is 105 cm³/mol. The third kappa shape index (κ3) is 4.72. The lowest BCUT2D eigenvalue weighted by Gasteiger charge is -2.11. The molecule has 0 atom stereocenters. The minimum Gasteiger partial charge on any atom is -0.488 e. The molecule has 0 saturated carbocycles. The summed E-state index contributed by atoms with van der Waals surface area (Å²) in [6.07, 6.45) is 1.69. The Morgan fingerprint density at radius 3 is 2.64 bits per heavy atom. The summed E-state index contributed by atoms with van der Waals surface area (Å²) in [4.78, 5) is 4.29. The molecule has 1 N–H and O–H groups in total. The first-order chi connectivity index (χ1) is 12.1. The van der Waals surface area contributed by atoms with Crippen LogP contribution in [0.5, 0.6) is 5.75 Å². The van der Waals surface area contributed by atoms with Crippen LogP contribution in [0.3, 0.4) is 0 Å². The number of ether oxygens (including phenoxy) is 1. The number of nitrogens with one attached hydrogen (secondary N) is 1. The molecule has 0 bridgehead atoms. The van der Waals surface area contributed by atoms with Gasteiger partial charge >= 0.3 is 0 Å². The Morgan fingerprint density at radius 2 is 1.92 bits per heavy atom. The van der Waals surface area contributed by atoms with Crippen molar-refractivity contribution in [1.29, 1.82) is 0 Å². The number of hydrazone groups is 1. The van der Waals surface area contributed by atoms with Crippen LogP contribution in [0.25, 0.3) is 0 Å². The Bertz CT molecular complexity index is 875. The molecular formula is C18H15Cl2N3OS. The second-order valence-corrected chi connectivity index (χ2v) is 6.86. The molecule has 128 valence electrons. The molecule has 0 aliphatic heterocycles. The number of thiazole rings is 1. The van der Waals surface area contributed by atoms with Gasteiger partial charge in [-0.2, -0.15) is 5.10 Å². The summed E-state index contributed by atoms with van der Waals surface area (Å²) in [5, 5.41) is 8.09. The number of benzene rings is 2. The molecule has 0 aliphatic rings. The SMILES string of the molecule is Cc1csc(NN=Cc2ccccc2OCc2c(Cl)cccc2Cl)n1. The van der Waals surface area contributed by atoms with Gasteiger partial charge in [0, 0.05) is 26.6 Å². The Labute approximate surface area is 160 Å². The lowest BCUT2D eigenvalue weighted by atomic mass is 10.2. The van der Waals surface area contributed by atoms with Gasteiger partial charge in [-0.15, -0.1) is 11.3 Å². The summed E-state index contributed by atoms with van der Waals surface area (Å²) in [6, 6.07) is 13.0. The number of rotatable bonds is 6. The number of aryl methyl sites for hydroxylation is 1. The van der Waals surface area contributed by atoms with Crippen molar-refractivity contribution in [3.8, 4) is 5.75 Å². The first-order valence-corrected chi connectivity index (χ1v) is 9.13. The van der Waals surface area contributed by atoms with Crippen LogP contribution in [0.1, 0.15) is 16.8 Å². The van der Waals surface area contributed by atoms with E-state index in [0.29, 0.717) is 15.8 Å². The van der Waals surface area contributed by atoms with Gasteiger partial charge < -0.3 is 4.74 Å². The van der Waals surface area contributed by atoms with Gasteiger partial charge in [0.25, 0.3) is 0 Å². The number of aromatic nitrogens is 1. The van der Waals surface area contributed by atoms with E-state index in [9.17, 15) is 0 Å². The molecule has 25 heavy (non-hydrogen) atoms. The number of hydrogen-bond acceptors (Lipinski definition) is 5. The molecule has 0 radical (unpaired) electrons. The van der Waals surface area contributed by atoms with E-state index in [1.165, 1.54) is 11.3 Å². The van der Waals surface area contributed by atoms with Crippen LogP contribution in [-0.4, -0.2) is 11.2 Å². The molecule has 3 aromatic rings. The van der Waals surface area contributed by atoms with Crippen LogP contribution in [0.2, 0.25) is 10.0 Å². The quantitative estimate of drug-likeness (QED) is 0.427. The lowest BCUT2D eigenvalue weighted by molar-refractivity contribution is 0.306. The van der Waals surface area contributed by atoms with E-state index >= 15 is 0 Å². The molecular weight excluding hydrogens is 377 g/mol. The van der Waals surface area contributed by atoms with Crippen molar-refractivity contribution < 1.29 is 4.74 Å². The van der Waals surface area contributed by atoms with Gasteiger partial charge in [0.1, 0.15) is 12.4 Å². The first-order valence-electron chi connectivity index (χ1n) is 7.49. The molecule has 7 heteroatoms. The van der Waals surface area contributed by atoms with Crippen molar-refractivity contribution in [1.82, 2.24) is 4.98 Å². The topological polar surface area (TPSA) is 46.5 Å². The van der Waals surface area contributed by atoms with Crippen LogP contribution in [0.15, 0.2) is 52.9 Å². The highest BCUT2D eigenvalue weighted by Gasteiger charge is 2.08. The summed E-state index contributed by atoms with van der Waals surface area (Å²) in [5.74, 6) is 0.694. The van der Waals surface area contributed by atoms with Crippen molar-refractivity contribution in [3.63, 3.8) is 0 Å². The number of hydrogen-bond donors (Lipinski definition) is 1. The normalized spacial score (nSPS) is 11.0. The summed E-state index contributed by atoms with van der Waals surface area (Å²) in [7, 11) is 0. The van der Waals surface area contributed by atoms with Crippen molar-refractivity contribution >= 4 is 45.9 Å². The van der Waals surface area contributed by atoms with E-state index < -0.39 is 0 Å². The average Bonchev–Trinajstić information content (AvgIpc) is 3.01. The third-order valence-electron chi connectivity index (χ3n) is 3.34. The molecule has 1 aromatic heterocycles. The lowest BCUT2D eigenvalue weighted by Crippen LogP contribution is -2.00. The van der Waals surface area contributed by atoms with Gasteiger partial charge in [0.15, 0.2) is 0 Å². The smallest absolute Gasteiger partial charge is 0.203 e. The van der Waals surface area contributed by atoms with Gasteiger partial charge in [-0.05, 0) is 31.2 Å². The van der Waals surface area contributed by atoms with Gasteiger partial charge in [0.2, 0.25) is 5.13 Å². The van der Waals surface area contributed by atoms with Crippen molar-refractivity contribution in [2.24, 2.45) is 5.10 Å². The van der Waals surface area contributed by atoms with E-state index in [2.05, 4.69) is 15.5 Å². The number of para-hydroxylation sites is 1. The second kappa shape index (κ2) is 8.34. The molecule has 2 aromatic carbocycles. The van der Waals surface area contributed by atoms with Gasteiger partial charge in [-0.3, -0.25) is 5.43 Å². The molecule has 0 fully saturated rings. The zero-order valence-electron chi connectivity index (χ0n) is 13.4. The van der Waals surface area contributed by atoms with Gasteiger partial charge in [-0.25, -0.2) is 4.98 Å². The van der Waals surface area contributed by atoms with Crippen molar-refractivity contribution in [2.45, 2.75) is 13.5 Å². The molecule has 0 amide bonds. The monoisotopic (exact) mass is 391 g/mol. The van der Waals surface area contributed by atoms with Crippen molar-refractivity contribution in [2.75, 3.05) is 5.43 Å². The van der Waals surface area contributed by atoms with Crippen LogP contribution >= 0.6 is 34.5 Å². The highest BCUT2D eigenvalue weighted by Crippen LogP contribution is 2.26. The van der Waals surface area contributed by atoms with Crippen LogP contribution in [-0.2, 0) is 6.61 Å².